The Morgan fingerprint density at radius 1 is 1.11 bits per heavy atom. The lowest BCUT2D eigenvalue weighted by Crippen LogP contribution is -2.13. The van der Waals surface area contributed by atoms with E-state index in [1.807, 2.05) is 0 Å². The molecule has 3 heteroatoms. The predicted octanol–water partition coefficient (Wildman–Crippen LogP) is 3.22. The summed E-state index contributed by atoms with van der Waals surface area (Å²) < 4.78 is 2.09. The van der Waals surface area contributed by atoms with Gasteiger partial charge in [-0.25, -0.2) is 4.68 Å². The van der Waals surface area contributed by atoms with Crippen molar-refractivity contribution in [3.05, 3.63) is 46.3 Å². The van der Waals surface area contributed by atoms with Gasteiger partial charge in [-0.2, -0.15) is 5.10 Å². The highest BCUT2D eigenvalue weighted by Gasteiger charge is 2.14. The van der Waals surface area contributed by atoms with E-state index in [0.717, 1.165) is 18.8 Å². The largest absolute Gasteiger partial charge is 0.313 e. The summed E-state index contributed by atoms with van der Waals surface area (Å²) in [4.78, 5) is 0. The highest BCUT2D eigenvalue weighted by molar-refractivity contribution is 5.48. The third kappa shape index (κ3) is 2.56. The zero-order valence-electron chi connectivity index (χ0n) is 12.5. The number of hydrogen-bond acceptors (Lipinski definition) is 2. The van der Waals surface area contributed by atoms with Crippen LogP contribution in [0, 0.1) is 27.7 Å². The second kappa shape index (κ2) is 5.57. The lowest BCUT2D eigenvalue weighted by molar-refractivity contribution is 0.719. The molecule has 1 aromatic heterocycles. The molecular formula is C16H23N3. The number of aryl methyl sites for hydroxylation is 3. The molecule has 0 unspecified atom stereocenters. The van der Waals surface area contributed by atoms with E-state index in [2.05, 4.69) is 62.8 Å². The van der Waals surface area contributed by atoms with Gasteiger partial charge in [-0.05, 0) is 45.4 Å². The minimum Gasteiger partial charge on any atom is -0.313 e. The van der Waals surface area contributed by atoms with Crippen molar-refractivity contribution in [2.24, 2.45) is 0 Å². The standard InChI is InChI=1S/C16H23N3/c1-6-17-10-15-13(4)18-19(14(15)5)16-11(2)8-7-9-12(16)3/h7-9,17H,6,10H2,1-5H3. The molecule has 0 atom stereocenters. The highest BCUT2D eigenvalue weighted by atomic mass is 15.3. The van der Waals surface area contributed by atoms with Crippen LogP contribution < -0.4 is 5.32 Å². The first-order valence-corrected chi connectivity index (χ1v) is 6.88. The summed E-state index contributed by atoms with van der Waals surface area (Å²) in [5.74, 6) is 0. The molecule has 0 bridgehead atoms. The van der Waals surface area contributed by atoms with Crippen LogP contribution in [0.3, 0.4) is 0 Å². The van der Waals surface area contributed by atoms with Crippen molar-refractivity contribution >= 4 is 0 Å². The zero-order valence-corrected chi connectivity index (χ0v) is 12.5. The quantitative estimate of drug-likeness (QED) is 0.911. The lowest BCUT2D eigenvalue weighted by atomic mass is 10.1. The van der Waals surface area contributed by atoms with Gasteiger partial charge in [0.15, 0.2) is 0 Å². The topological polar surface area (TPSA) is 29.9 Å². The van der Waals surface area contributed by atoms with Gasteiger partial charge in [0.2, 0.25) is 0 Å². The van der Waals surface area contributed by atoms with Gasteiger partial charge < -0.3 is 5.32 Å². The van der Waals surface area contributed by atoms with E-state index in [1.54, 1.807) is 0 Å². The number of hydrogen-bond donors (Lipinski definition) is 1. The minimum absolute atomic E-state index is 0.888. The smallest absolute Gasteiger partial charge is 0.0707 e. The van der Waals surface area contributed by atoms with Crippen molar-refractivity contribution in [2.45, 2.75) is 41.2 Å². The zero-order chi connectivity index (χ0) is 14.0. The molecule has 0 saturated carbocycles. The fourth-order valence-electron chi connectivity index (χ4n) is 2.54. The van der Waals surface area contributed by atoms with Crippen molar-refractivity contribution < 1.29 is 0 Å². The molecule has 0 aliphatic rings. The molecular weight excluding hydrogens is 234 g/mol. The molecule has 1 N–H and O–H groups in total. The maximum absolute atomic E-state index is 4.73. The number of rotatable bonds is 4. The average Bonchev–Trinajstić information content (AvgIpc) is 2.63. The van der Waals surface area contributed by atoms with Gasteiger partial charge in [0.05, 0.1) is 11.4 Å². The molecule has 0 spiro atoms. The number of nitrogens with zero attached hydrogens (tertiary/aromatic N) is 2. The molecule has 0 amide bonds. The normalized spacial score (nSPS) is 11.0. The lowest BCUT2D eigenvalue weighted by Gasteiger charge is -2.12. The van der Waals surface area contributed by atoms with Crippen LogP contribution in [-0.2, 0) is 6.54 Å². The van der Waals surface area contributed by atoms with Gasteiger partial charge in [0, 0.05) is 17.8 Å². The van der Waals surface area contributed by atoms with Crippen LogP contribution in [0.25, 0.3) is 5.69 Å². The second-order valence-corrected chi connectivity index (χ2v) is 5.08. The molecule has 0 saturated heterocycles. The van der Waals surface area contributed by atoms with Crippen molar-refractivity contribution in [1.29, 1.82) is 0 Å². The van der Waals surface area contributed by atoms with E-state index in [9.17, 15) is 0 Å². The van der Waals surface area contributed by atoms with Crippen molar-refractivity contribution in [2.75, 3.05) is 6.54 Å². The van der Waals surface area contributed by atoms with E-state index < -0.39 is 0 Å². The molecule has 102 valence electrons. The maximum Gasteiger partial charge on any atom is 0.0707 e. The molecule has 0 radical (unpaired) electrons. The van der Waals surface area contributed by atoms with Crippen LogP contribution in [0.5, 0.6) is 0 Å². The molecule has 3 nitrogen and oxygen atoms in total. The van der Waals surface area contributed by atoms with Crippen LogP contribution in [-0.4, -0.2) is 16.3 Å². The Labute approximate surface area is 115 Å². The summed E-state index contributed by atoms with van der Waals surface area (Å²) in [7, 11) is 0. The number of para-hydroxylation sites is 1. The Morgan fingerprint density at radius 3 is 2.32 bits per heavy atom. The molecule has 2 rings (SSSR count). The monoisotopic (exact) mass is 257 g/mol. The SMILES string of the molecule is CCNCc1c(C)nn(-c2c(C)cccc2C)c1C. The Kier molecular flexibility index (Phi) is 4.05. The molecule has 1 heterocycles. The number of aromatic nitrogens is 2. The molecule has 0 aliphatic heterocycles. The summed E-state index contributed by atoms with van der Waals surface area (Å²) in [6, 6.07) is 6.38. The average molecular weight is 257 g/mol. The van der Waals surface area contributed by atoms with E-state index in [0.29, 0.717) is 0 Å². The fraction of sp³-hybridized carbons (Fsp3) is 0.438. The third-order valence-corrected chi connectivity index (χ3v) is 3.64. The van der Waals surface area contributed by atoms with E-state index in [1.165, 1.54) is 28.1 Å². The van der Waals surface area contributed by atoms with Gasteiger partial charge in [-0.15, -0.1) is 0 Å². The summed E-state index contributed by atoms with van der Waals surface area (Å²) in [5, 5.41) is 8.12. The molecule has 2 aromatic rings. The first kappa shape index (κ1) is 13.8. The summed E-state index contributed by atoms with van der Waals surface area (Å²) in [5.41, 5.74) is 7.40. The summed E-state index contributed by atoms with van der Waals surface area (Å²) in [6.07, 6.45) is 0. The Morgan fingerprint density at radius 2 is 1.74 bits per heavy atom. The first-order chi connectivity index (χ1) is 9.06. The van der Waals surface area contributed by atoms with Crippen LogP contribution in [0.1, 0.15) is 35.0 Å². The van der Waals surface area contributed by atoms with Gasteiger partial charge in [-0.1, -0.05) is 25.1 Å². The van der Waals surface area contributed by atoms with Crippen molar-refractivity contribution in [3.8, 4) is 5.69 Å². The second-order valence-electron chi connectivity index (χ2n) is 5.08. The maximum atomic E-state index is 4.73. The molecule has 1 aromatic carbocycles. The van der Waals surface area contributed by atoms with Crippen molar-refractivity contribution in [1.82, 2.24) is 15.1 Å². The molecule has 0 fully saturated rings. The minimum atomic E-state index is 0.888. The van der Waals surface area contributed by atoms with E-state index in [4.69, 9.17) is 5.10 Å². The Hall–Kier alpha value is -1.61. The Bertz CT molecular complexity index is 562. The highest BCUT2D eigenvalue weighted by Crippen LogP contribution is 2.23. The van der Waals surface area contributed by atoms with Gasteiger partial charge in [0.1, 0.15) is 0 Å². The first-order valence-electron chi connectivity index (χ1n) is 6.88. The summed E-state index contributed by atoms with van der Waals surface area (Å²) in [6.45, 7) is 12.5. The van der Waals surface area contributed by atoms with Crippen LogP contribution in [0.2, 0.25) is 0 Å². The predicted molar refractivity (Wildman–Crippen MR) is 79.9 cm³/mol. The number of benzene rings is 1. The third-order valence-electron chi connectivity index (χ3n) is 3.64. The van der Waals surface area contributed by atoms with Gasteiger partial charge in [0.25, 0.3) is 0 Å². The summed E-state index contributed by atoms with van der Waals surface area (Å²) >= 11 is 0. The van der Waals surface area contributed by atoms with E-state index in [-0.39, 0.29) is 0 Å². The van der Waals surface area contributed by atoms with E-state index >= 15 is 0 Å². The Balaban J connectivity index is 2.52. The van der Waals surface area contributed by atoms with Crippen molar-refractivity contribution in [3.63, 3.8) is 0 Å². The molecule has 19 heavy (non-hydrogen) atoms. The van der Waals surface area contributed by atoms with Gasteiger partial charge >= 0.3 is 0 Å². The van der Waals surface area contributed by atoms with Crippen LogP contribution in [0.4, 0.5) is 0 Å². The molecule has 0 aliphatic carbocycles. The van der Waals surface area contributed by atoms with Gasteiger partial charge in [-0.3, -0.25) is 0 Å². The fourth-order valence-corrected chi connectivity index (χ4v) is 2.54. The number of nitrogens with one attached hydrogen (secondary N) is 1. The van der Waals surface area contributed by atoms with Crippen LogP contribution in [0.15, 0.2) is 18.2 Å². The van der Waals surface area contributed by atoms with Crippen LogP contribution >= 0.6 is 0 Å².